The first-order chi connectivity index (χ1) is 9.03. The molecule has 0 amide bonds. The minimum atomic E-state index is -0.579. The number of pyridine rings is 1. The van der Waals surface area contributed by atoms with Crippen LogP contribution in [0, 0.1) is 11.6 Å². The van der Waals surface area contributed by atoms with Crippen molar-refractivity contribution in [1.29, 1.82) is 0 Å². The molecule has 1 aromatic carbocycles. The summed E-state index contributed by atoms with van der Waals surface area (Å²) in [7, 11) is 0. The fourth-order valence-electron chi connectivity index (χ4n) is 2.15. The van der Waals surface area contributed by atoms with E-state index in [1.54, 1.807) is 12.4 Å². The maximum atomic E-state index is 13.3. The number of nitrogens with two attached hydrogens (primary N) is 1. The smallest absolute Gasteiger partial charge is 0.126 e. The van der Waals surface area contributed by atoms with Gasteiger partial charge in [0.25, 0.3) is 0 Å². The molecule has 2 N–H and O–H groups in total. The average Bonchev–Trinajstić information content (AvgIpc) is 2.38. The van der Waals surface area contributed by atoms with Gasteiger partial charge in [0.2, 0.25) is 0 Å². The summed E-state index contributed by atoms with van der Waals surface area (Å²) in [5.41, 5.74) is 6.93. The van der Waals surface area contributed by atoms with Crippen molar-refractivity contribution >= 4 is 0 Å². The first-order valence-corrected chi connectivity index (χ1v) is 6.09. The maximum absolute atomic E-state index is 13.3. The Labute approximate surface area is 111 Å². The van der Waals surface area contributed by atoms with E-state index >= 15 is 0 Å². The highest BCUT2D eigenvalue weighted by atomic mass is 19.1. The Morgan fingerprint density at radius 3 is 2.21 bits per heavy atom. The minimum absolute atomic E-state index is 0.304. The Bertz CT molecular complexity index is 537. The van der Waals surface area contributed by atoms with Crippen molar-refractivity contribution in [3.8, 4) is 0 Å². The maximum Gasteiger partial charge on any atom is 0.126 e. The molecule has 0 aliphatic heterocycles. The van der Waals surface area contributed by atoms with Gasteiger partial charge in [0.1, 0.15) is 11.6 Å². The van der Waals surface area contributed by atoms with Crippen molar-refractivity contribution in [2.24, 2.45) is 5.73 Å². The van der Waals surface area contributed by atoms with Crippen LogP contribution in [-0.4, -0.2) is 11.5 Å². The van der Waals surface area contributed by atoms with Crippen molar-refractivity contribution in [2.75, 3.05) is 6.54 Å². The van der Waals surface area contributed by atoms with E-state index in [0.29, 0.717) is 18.5 Å². The summed E-state index contributed by atoms with van der Waals surface area (Å²) in [4.78, 5) is 3.95. The van der Waals surface area contributed by atoms with E-state index in [1.807, 2.05) is 19.1 Å². The Morgan fingerprint density at radius 1 is 1.11 bits per heavy atom. The van der Waals surface area contributed by atoms with Crippen LogP contribution in [-0.2, 0) is 11.8 Å². The van der Waals surface area contributed by atoms with Gasteiger partial charge in [-0.1, -0.05) is 6.92 Å². The van der Waals surface area contributed by atoms with Crippen LogP contribution in [0.3, 0.4) is 0 Å². The first kappa shape index (κ1) is 13.6. The molecule has 1 atom stereocenters. The molecule has 0 aliphatic rings. The second-order valence-electron chi connectivity index (χ2n) is 4.96. The van der Waals surface area contributed by atoms with Crippen LogP contribution >= 0.6 is 0 Å². The lowest BCUT2D eigenvalue weighted by atomic mass is 9.77. The van der Waals surface area contributed by atoms with Crippen molar-refractivity contribution in [3.63, 3.8) is 0 Å². The first-order valence-electron chi connectivity index (χ1n) is 6.09. The number of hydrogen-bond donors (Lipinski definition) is 1. The third kappa shape index (κ3) is 3.15. The Kier molecular flexibility index (Phi) is 3.90. The number of aromatic nitrogens is 1. The zero-order valence-corrected chi connectivity index (χ0v) is 10.7. The fraction of sp³-hybridized carbons (Fsp3) is 0.267. The number of nitrogens with zero attached hydrogens (tertiary/aromatic N) is 1. The van der Waals surface area contributed by atoms with Crippen LogP contribution in [0.4, 0.5) is 8.78 Å². The van der Waals surface area contributed by atoms with Crippen LogP contribution in [0.2, 0.25) is 0 Å². The molecule has 0 saturated carbocycles. The summed E-state index contributed by atoms with van der Waals surface area (Å²) in [5, 5.41) is 0. The molecule has 2 nitrogen and oxygen atoms in total. The van der Waals surface area contributed by atoms with Gasteiger partial charge in [0.05, 0.1) is 0 Å². The molecular formula is C15H16F2N2. The van der Waals surface area contributed by atoms with E-state index in [2.05, 4.69) is 4.98 Å². The second-order valence-corrected chi connectivity index (χ2v) is 4.96. The van der Waals surface area contributed by atoms with Gasteiger partial charge in [-0.2, -0.15) is 0 Å². The zero-order valence-electron chi connectivity index (χ0n) is 10.7. The number of halogens is 2. The predicted octanol–water partition coefficient (Wildman–Crippen LogP) is 2.82. The van der Waals surface area contributed by atoms with Crippen LogP contribution < -0.4 is 5.73 Å². The van der Waals surface area contributed by atoms with Crippen molar-refractivity contribution in [2.45, 2.75) is 18.8 Å². The second kappa shape index (κ2) is 5.45. The van der Waals surface area contributed by atoms with Gasteiger partial charge in [-0.15, -0.1) is 0 Å². The normalized spacial score (nSPS) is 14.1. The fourth-order valence-corrected chi connectivity index (χ4v) is 2.15. The van der Waals surface area contributed by atoms with Gasteiger partial charge < -0.3 is 5.73 Å². The highest BCUT2D eigenvalue weighted by Crippen LogP contribution is 2.28. The Balaban J connectivity index is 2.36. The summed E-state index contributed by atoms with van der Waals surface area (Å²) in [6, 6.07) is 7.31. The van der Waals surface area contributed by atoms with Crippen molar-refractivity contribution < 1.29 is 8.78 Å². The lowest BCUT2D eigenvalue weighted by molar-refractivity contribution is 0.470. The highest BCUT2D eigenvalue weighted by Gasteiger charge is 2.26. The molecule has 2 rings (SSSR count). The lowest BCUT2D eigenvalue weighted by Crippen LogP contribution is -2.34. The Hall–Kier alpha value is -1.81. The quantitative estimate of drug-likeness (QED) is 0.920. The largest absolute Gasteiger partial charge is 0.330 e. The molecule has 100 valence electrons. The van der Waals surface area contributed by atoms with Crippen LogP contribution in [0.1, 0.15) is 18.1 Å². The lowest BCUT2D eigenvalue weighted by Gasteiger charge is -2.29. The van der Waals surface area contributed by atoms with E-state index in [0.717, 1.165) is 11.6 Å². The molecule has 1 aromatic heterocycles. The van der Waals surface area contributed by atoms with Crippen LogP contribution in [0.5, 0.6) is 0 Å². The van der Waals surface area contributed by atoms with Gasteiger partial charge in [-0.05, 0) is 41.8 Å². The topological polar surface area (TPSA) is 38.9 Å². The SMILES string of the molecule is CC(CN)(Cc1ccncc1)c1cc(F)cc(F)c1. The number of hydrogen-bond acceptors (Lipinski definition) is 2. The van der Waals surface area contributed by atoms with E-state index in [-0.39, 0.29) is 0 Å². The summed E-state index contributed by atoms with van der Waals surface area (Å²) in [6.45, 7) is 2.21. The standard InChI is InChI=1S/C15H16F2N2/c1-15(10-18,9-11-2-4-19-5-3-11)12-6-13(16)8-14(17)7-12/h2-8H,9-10,18H2,1H3. The van der Waals surface area contributed by atoms with Gasteiger partial charge >= 0.3 is 0 Å². The third-order valence-corrected chi connectivity index (χ3v) is 3.35. The van der Waals surface area contributed by atoms with E-state index in [9.17, 15) is 8.78 Å². The van der Waals surface area contributed by atoms with E-state index < -0.39 is 17.0 Å². The average molecular weight is 262 g/mol. The molecule has 0 radical (unpaired) electrons. The predicted molar refractivity (Wildman–Crippen MR) is 70.7 cm³/mol. The van der Waals surface area contributed by atoms with Crippen molar-refractivity contribution in [3.05, 3.63) is 65.5 Å². The molecule has 1 heterocycles. The molecule has 0 spiro atoms. The molecule has 2 aromatic rings. The molecule has 1 unspecified atom stereocenters. The van der Waals surface area contributed by atoms with Gasteiger partial charge in [-0.25, -0.2) is 8.78 Å². The van der Waals surface area contributed by atoms with Crippen molar-refractivity contribution in [1.82, 2.24) is 4.98 Å². The monoisotopic (exact) mass is 262 g/mol. The van der Waals surface area contributed by atoms with Gasteiger partial charge in [0.15, 0.2) is 0 Å². The van der Waals surface area contributed by atoms with E-state index in [4.69, 9.17) is 5.73 Å². The number of benzene rings is 1. The molecule has 0 aliphatic carbocycles. The number of rotatable bonds is 4. The molecule has 4 heteroatoms. The molecule has 0 saturated heterocycles. The van der Waals surface area contributed by atoms with Crippen LogP contribution in [0.25, 0.3) is 0 Å². The van der Waals surface area contributed by atoms with Crippen LogP contribution in [0.15, 0.2) is 42.7 Å². The molecular weight excluding hydrogens is 246 g/mol. The van der Waals surface area contributed by atoms with Gasteiger partial charge in [-0.3, -0.25) is 4.98 Å². The molecule has 19 heavy (non-hydrogen) atoms. The Morgan fingerprint density at radius 2 is 1.68 bits per heavy atom. The van der Waals surface area contributed by atoms with E-state index in [1.165, 1.54) is 12.1 Å². The highest BCUT2D eigenvalue weighted by molar-refractivity contribution is 5.30. The zero-order chi connectivity index (χ0) is 13.9. The third-order valence-electron chi connectivity index (χ3n) is 3.35. The summed E-state index contributed by atoms with van der Waals surface area (Å²) >= 11 is 0. The molecule has 0 fully saturated rings. The minimum Gasteiger partial charge on any atom is -0.330 e. The molecule has 0 bridgehead atoms. The summed E-state index contributed by atoms with van der Waals surface area (Å²) < 4.78 is 26.7. The summed E-state index contributed by atoms with van der Waals surface area (Å²) in [5.74, 6) is -1.16. The summed E-state index contributed by atoms with van der Waals surface area (Å²) in [6.07, 6.45) is 3.99. The van der Waals surface area contributed by atoms with Gasteiger partial charge in [0, 0.05) is 30.4 Å².